The van der Waals surface area contributed by atoms with Gasteiger partial charge in [-0.25, -0.2) is 10.0 Å². The van der Waals surface area contributed by atoms with E-state index in [9.17, 15) is 4.79 Å². The minimum atomic E-state index is -0.479. The minimum Gasteiger partial charge on any atom is -0.465 e. The van der Waals surface area contributed by atoms with Gasteiger partial charge >= 0.3 is 0 Å². The van der Waals surface area contributed by atoms with Crippen LogP contribution in [0.4, 0.5) is 0 Å². The van der Waals surface area contributed by atoms with Gasteiger partial charge in [-0.05, 0) is 24.6 Å². The molecule has 0 saturated carbocycles. The molecule has 0 saturated heterocycles. The van der Waals surface area contributed by atoms with Crippen molar-refractivity contribution in [3.63, 3.8) is 0 Å². The zero-order chi connectivity index (χ0) is 17.2. The molecule has 0 unspecified atom stereocenters. The molecule has 0 aliphatic carbocycles. The molecule has 0 spiro atoms. The Morgan fingerprint density at radius 1 is 1.28 bits per heavy atom. The number of fused-ring (bicyclic) bond motifs is 2. The molecule has 1 amide bonds. The highest BCUT2D eigenvalue weighted by Crippen LogP contribution is 2.30. The number of nitrogens with one attached hydrogen (secondary N) is 1. The molecule has 4 rings (SSSR count). The molecule has 1 atom stereocenters. The molecule has 25 heavy (non-hydrogen) atoms. The van der Waals surface area contributed by atoms with E-state index in [-0.39, 0.29) is 5.91 Å². The summed E-state index contributed by atoms with van der Waals surface area (Å²) < 4.78 is 5.55. The number of carbonyl (C=O) groups excluding carboxylic acids is 1. The number of carbonyl (C=O) groups is 1. The van der Waals surface area contributed by atoms with E-state index >= 15 is 0 Å². The Labute approximate surface area is 149 Å². The van der Waals surface area contributed by atoms with Crippen LogP contribution in [0.3, 0.4) is 0 Å². The average Bonchev–Trinajstić information content (AvgIpc) is 3.15. The van der Waals surface area contributed by atoms with E-state index in [1.807, 2.05) is 36.4 Å². The average molecular weight is 354 g/mol. The molecule has 2 aliphatic heterocycles. The van der Waals surface area contributed by atoms with E-state index in [0.717, 1.165) is 29.2 Å². The highest BCUT2D eigenvalue weighted by molar-refractivity contribution is 8.13. The topological polar surface area (TPSA) is 70.2 Å². The van der Waals surface area contributed by atoms with Crippen molar-refractivity contribution < 1.29 is 9.21 Å². The van der Waals surface area contributed by atoms with Crippen molar-refractivity contribution in [3.8, 4) is 0 Å². The van der Waals surface area contributed by atoms with Gasteiger partial charge in [0.05, 0.1) is 11.6 Å². The third-order valence-electron chi connectivity index (χ3n) is 4.05. The first-order chi connectivity index (χ1) is 12.3. The van der Waals surface area contributed by atoms with Gasteiger partial charge in [0.2, 0.25) is 6.17 Å². The van der Waals surface area contributed by atoms with Crippen molar-refractivity contribution in [2.45, 2.75) is 25.9 Å². The van der Waals surface area contributed by atoms with Crippen molar-refractivity contribution in [2.75, 3.05) is 5.75 Å². The molecule has 128 valence electrons. The molecule has 2 aliphatic rings. The van der Waals surface area contributed by atoms with Gasteiger partial charge in [-0.15, -0.1) is 5.10 Å². The fourth-order valence-corrected chi connectivity index (χ4v) is 3.77. The lowest BCUT2D eigenvalue weighted by Crippen LogP contribution is -2.50. The van der Waals surface area contributed by atoms with Crippen LogP contribution in [0.2, 0.25) is 0 Å². The van der Waals surface area contributed by atoms with Crippen LogP contribution in [0.15, 0.2) is 57.2 Å². The second kappa shape index (κ2) is 6.76. The van der Waals surface area contributed by atoms with Crippen LogP contribution >= 0.6 is 11.8 Å². The molecule has 7 heteroatoms. The maximum Gasteiger partial charge on any atom is 0.276 e. The predicted octanol–water partition coefficient (Wildman–Crippen LogP) is 1.96. The van der Waals surface area contributed by atoms with Gasteiger partial charge in [-0.3, -0.25) is 10.1 Å². The van der Waals surface area contributed by atoms with Gasteiger partial charge in [-0.2, -0.15) is 0 Å². The van der Waals surface area contributed by atoms with Gasteiger partial charge in [0.25, 0.3) is 5.91 Å². The lowest BCUT2D eigenvalue weighted by molar-refractivity contribution is -0.116. The molecule has 0 fully saturated rings. The van der Waals surface area contributed by atoms with Crippen molar-refractivity contribution in [1.82, 2.24) is 10.3 Å². The van der Waals surface area contributed by atoms with E-state index in [1.165, 1.54) is 0 Å². The Bertz CT molecular complexity index is 936. The molecular weight excluding hydrogens is 336 g/mol. The second-order valence-corrected chi connectivity index (χ2v) is 6.87. The number of amides is 1. The molecule has 1 aromatic carbocycles. The summed E-state index contributed by atoms with van der Waals surface area (Å²) in [6.07, 6.45) is 3.31. The molecule has 3 heterocycles. The lowest BCUT2D eigenvalue weighted by atomic mass is 10.1. The number of hydrogen-bond donors (Lipinski definition) is 1. The zero-order valence-corrected chi connectivity index (χ0v) is 14.6. The van der Waals surface area contributed by atoms with Crippen LogP contribution in [-0.4, -0.2) is 21.8 Å². The van der Waals surface area contributed by atoms with Crippen LogP contribution in [0.1, 0.15) is 31.7 Å². The smallest absolute Gasteiger partial charge is 0.276 e. The molecule has 0 bridgehead atoms. The highest BCUT2D eigenvalue weighted by atomic mass is 32.2. The van der Waals surface area contributed by atoms with E-state index < -0.39 is 6.17 Å². The maximum absolute atomic E-state index is 12.8. The molecular formula is C18H18N4O2S. The summed E-state index contributed by atoms with van der Waals surface area (Å²) >= 11 is 1.55. The number of para-hydroxylation sites is 1. The molecule has 1 aromatic heterocycles. The Kier molecular flexibility index (Phi) is 4.31. The standard InChI is InChI=1S/C18H18N4O2S/c1-2-3-11-25-18-20-17(23)15-12-7-4-5-8-13(12)19-16(22(15)21-18)14-9-6-10-24-14/h4-10,16H,2-3,11H2,1H3,(H,20,21,23)/t16-/m0/s1. The van der Waals surface area contributed by atoms with E-state index in [4.69, 9.17) is 9.41 Å². The molecule has 6 nitrogen and oxygen atoms in total. The van der Waals surface area contributed by atoms with Crippen LogP contribution < -0.4 is 15.9 Å². The Balaban J connectivity index is 1.82. The monoisotopic (exact) mass is 354 g/mol. The summed E-state index contributed by atoms with van der Waals surface area (Å²) in [5, 5.41) is 11.4. The van der Waals surface area contributed by atoms with Crippen molar-refractivity contribution in [1.29, 1.82) is 0 Å². The number of nitrogens with zero attached hydrogens (tertiary/aromatic N) is 3. The Hall–Kier alpha value is -2.54. The number of thioether (sulfide) groups is 1. The van der Waals surface area contributed by atoms with Gasteiger partial charge in [0.1, 0.15) is 11.5 Å². The van der Waals surface area contributed by atoms with Gasteiger partial charge in [-0.1, -0.05) is 43.3 Å². The summed E-state index contributed by atoms with van der Waals surface area (Å²) in [5.74, 6) is 1.41. The number of hydrazone groups is 1. The van der Waals surface area contributed by atoms with Crippen LogP contribution in [0, 0.1) is 0 Å². The van der Waals surface area contributed by atoms with Gasteiger partial charge in [0, 0.05) is 11.0 Å². The molecule has 1 N–H and O–H groups in total. The SMILES string of the molecule is CCCCSC1=NN2C(=c3ccccc3=N[C@@H]2c2ccco2)C(=O)N1. The molecule has 2 aromatic rings. The number of amidine groups is 1. The first kappa shape index (κ1) is 16.0. The Morgan fingerprint density at radius 2 is 2.16 bits per heavy atom. The minimum absolute atomic E-state index is 0.159. The normalized spacial score (nSPS) is 18.8. The third kappa shape index (κ3) is 2.95. The summed E-state index contributed by atoms with van der Waals surface area (Å²) in [6, 6.07) is 11.3. The number of furan rings is 1. The van der Waals surface area contributed by atoms with Crippen LogP contribution in [0.25, 0.3) is 5.70 Å². The summed E-state index contributed by atoms with van der Waals surface area (Å²) in [7, 11) is 0. The Morgan fingerprint density at radius 3 is 2.96 bits per heavy atom. The number of rotatable bonds is 4. The molecule has 0 radical (unpaired) electrons. The van der Waals surface area contributed by atoms with Crippen LogP contribution in [-0.2, 0) is 4.79 Å². The fourth-order valence-electron chi connectivity index (χ4n) is 2.83. The number of benzene rings is 1. The van der Waals surface area contributed by atoms with Gasteiger partial charge in [0.15, 0.2) is 5.17 Å². The largest absolute Gasteiger partial charge is 0.465 e. The summed E-state index contributed by atoms with van der Waals surface area (Å²) in [5.41, 5.74) is 0.506. The summed E-state index contributed by atoms with van der Waals surface area (Å²) in [4.78, 5) is 17.5. The summed E-state index contributed by atoms with van der Waals surface area (Å²) in [6.45, 7) is 2.14. The number of unbranched alkanes of at least 4 members (excludes halogenated alkanes) is 1. The van der Waals surface area contributed by atoms with E-state index in [1.54, 1.807) is 23.0 Å². The number of hydrogen-bond acceptors (Lipinski definition) is 6. The fraction of sp³-hybridized carbons (Fsp3) is 0.278. The zero-order valence-electron chi connectivity index (χ0n) is 13.8. The second-order valence-electron chi connectivity index (χ2n) is 5.79. The third-order valence-corrected chi connectivity index (χ3v) is 5.00. The van der Waals surface area contributed by atoms with Crippen molar-refractivity contribution >= 4 is 28.5 Å². The first-order valence-electron chi connectivity index (χ1n) is 8.30. The van der Waals surface area contributed by atoms with Crippen molar-refractivity contribution in [3.05, 3.63) is 59.0 Å². The lowest BCUT2D eigenvalue weighted by Gasteiger charge is -2.32. The maximum atomic E-state index is 12.8. The quantitative estimate of drug-likeness (QED) is 0.852. The highest BCUT2D eigenvalue weighted by Gasteiger charge is 2.35. The van der Waals surface area contributed by atoms with Crippen molar-refractivity contribution in [2.24, 2.45) is 10.1 Å². The first-order valence-corrected chi connectivity index (χ1v) is 9.29. The predicted molar refractivity (Wildman–Crippen MR) is 96.9 cm³/mol. The van der Waals surface area contributed by atoms with E-state index in [2.05, 4.69) is 17.3 Å². The van der Waals surface area contributed by atoms with Gasteiger partial charge < -0.3 is 4.42 Å². The van der Waals surface area contributed by atoms with Crippen LogP contribution in [0.5, 0.6) is 0 Å². The van der Waals surface area contributed by atoms with E-state index in [0.29, 0.717) is 16.6 Å².